The van der Waals surface area contributed by atoms with Gasteiger partial charge in [0.1, 0.15) is 5.69 Å². The molecule has 1 atom stereocenters. The molecule has 35 heavy (non-hydrogen) atoms. The number of anilines is 1. The molecule has 4 aromatic rings. The first-order chi connectivity index (χ1) is 16.7. The molecule has 3 aromatic heterocycles. The molecule has 0 bridgehead atoms. The van der Waals surface area contributed by atoms with E-state index in [0.29, 0.717) is 0 Å². The smallest absolute Gasteiger partial charge is 0.429 e. The average molecular weight is 509 g/mol. The third-order valence-corrected chi connectivity index (χ3v) is 5.86. The number of hydrogen-bond acceptors (Lipinski definition) is 9. The van der Waals surface area contributed by atoms with Crippen LogP contribution in [0.3, 0.4) is 0 Å². The number of para-hydroxylation sites is 2. The van der Waals surface area contributed by atoms with Crippen molar-refractivity contribution in [1.82, 2.24) is 19.9 Å². The molecule has 3 heterocycles. The molecule has 1 aromatic carbocycles. The zero-order chi connectivity index (χ0) is 25.1. The van der Waals surface area contributed by atoms with Crippen molar-refractivity contribution in [3.63, 3.8) is 0 Å². The molecule has 0 radical (unpaired) electrons. The second-order valence-electron chi connectivity index (χ2n) is 7.16. The number of rotatable bonds is 9. The van der Waals surface area contributed by atoms with E-state index in [2.05, 4.69) is 24.7 Å². The highest BCUT2D eigenvalue weighted by Gasteiger charge is 2.44. The molecule has 10 nitrogen and oxygen atoms in total. The van der Waals surface area contributed by atoms with Crippen LogP contribution in [0.5, 0.6) is 5.88 Å². The Labute approximate surface area is 197 Å². The Morgan fingerprint density at radius 3 is 2.43 bits per heavy atom. The van der Waals surface area contributed by atoms with Gasteiger partial charge in [-0.25, -0.2) is 23.4 Å². The van der Waals surface area contributed by atoms with E-state index in [0.717, 1.165) is 6.20 Å². The number of benzene rings is 1. The van der Waals surface area contributed by atoms with E-state index in [1.54, 1.807) is 12.1 Å². The predicted octanol–water partition coefficient (Wildman–Crippen LogP) is 3.75. The lowest BCUT2D eigenvalue weighted by Crippen LogP contribution is -2.28. The molecular formula is C21H18F3N5O5S. The fourth-order valence-corrected chi connectivity index (χ4v) is 3.92. The molecule has 14 heteroatoms. The lowest BCUT2D eigenvalue weighted by Gasteiger charge is -2.22. The molecule has 0 unspecified atom stereocenters. The molecule has 0 aliphatic rings. The van der Waals surface area contributed by atoms with Crippen molar-refractivity contribution in [1.29, 1.82) is 0 Å². The minimum absolute atomic E-state index is 0.138. The molecule has 0 amide bonds. The topological polar surface area (TPSA) is 129 Å². The van der Waals surface area contributed by atoms with Gasteiger partial charge in [-0.05, 0) is 18.2 Å². The van der Waals surface area contributed by atoms with Crippen molar-refractivity contribution in [2.45, 2.75) is 12.3 Å². The van der Waals surface area contributed by atoms with Crippen molar-refractivity contribution in [3.8, 4) is 17.3 Å². The molecule has 184 valence electrons. The van der Waals surface area contributed by atoms with E-state index in [4.69, 9.17) is 13.9 Å². The molecule has 0 aliphatic heterocycles. The van der Waals surface area contributed by atoms with Gasteiger partial charge in [-0.1, -0.05) is 18.2 Å². The summed E-state index contributed by atoms with van der Waals surface area (Å²) in [7, 11) is -2.71. The van der Waals surface area contributed by atoms with Gasteiger partial charge in [-0.3, -0.25) is 9.71 Å². The van der Waals surface area contributed by atoms with Crippen molar-refractivity contribution < 1.29 is 35.5 Å². The number of ether oxygens (including phenoxy) is 2. The van der Waals surface area contributed by atoms with E-state index < -0.39 is 39.8 Å². The molecule has 1 N–H and O–H groups in total. The van der Waals surface area contributed by atoms with Gasteiger partial charge in [0, 0.05) is 18.9 Å². The number of nitrogens with one attached hydrogen (secondary N) is 1. The number of halogens is 3. The summed E-state index contributed by atoms with van der Waals surface area (Å²) >= 11 is 0. The molecule has 4 rings (SSSR count). The Morgan fingerprint density at radius 2 is 1.83 bits per heavy atom. The highest BCUT2D eigenvalue weighted by molar-refractivity contribution is 7.92. The van der Waals surface area contributed by atoms with Crippen LogP contribution in [0, 0.1) is 0 Å². The van der Waals surface area contributed by atoms with Gasteiger partial charge in [0.05, 0.1) is 29.6 Å². The Hall–Kier alpha value is -3.78. The summed E-state index contributed by atoms with van der Waals surface area (Å²) < 4.78 is 84.1. The summed E-state index contributed by atoms with van der Waals surface area (Å²) in [6.45, 7) is -0.138. The number of fused-ring (bicyclic) bond motifs is 1. The van der Waals surface area contributed by atoms with Gasteiger partial charge in [0.15, 0.2) is 12.2 Å². The van der Waals surface area contributed by atoms with E-state index in [-0.39, 0.29) is 34.7 Å². The number of alkyl halides is 3. The first kappa shape index (κ1) is 24.3. The van der Waals surface area contributed by atoms with Crippen LogP contribution >= 0.6 is 0 Å². The number of nitrogens with zero attached hydrogens (tertiary/aromatic N) is 4. The Kier molecular flexibility index (Phi) is 6.84. The summed E-state index contributed by atoms with van der Waals surface area (Å²) in [5.41, 5.74) is 0.390. The molecule has 0 fully saturated rings. The van der Waals surface area contributed by atoms with Gasteiger partial charge in [0.2, 0.25) is 21.9 Å². The van der Waals surface area contributed by atoms with E-state index in [1.165, 1.54) is 44.0 Å². The van der Waals surface area contributed by atoms with Crippen LogP contribution in [0.15, 0.2) is 59.6 Å². The van der Waals surface area contributed by atoms with Crippen molar-refractivity contribution >= 4 is 26.9 Å². The van der Waals surface area contributed by atoms with Gasteiger partial charge in [-0.15, -0.1) is 0 Å². The Balaban J connectivity index is 1.72. The molecule has 0 aliphatic carbocycles. The Bertz CT molecular complexity index is 1400. The largest absolute Gasteiger partial charge is 0.457 e. The predicted molar refractivity (Wildman–Crippen MR) is 118 cm³/mol. The van der Waals surface area contributed by atoms with Crippen molar-refractivity contribution in [3.05, 3.63) is 60.7 Å². The lowest BCUT2D eigenvalue weighted by atomic mass is 10.1. The lowest BCUT2D eigenvalue weighted by molar-refractivity contribution is -0.198. The minimum Gasteiger partial charge on any atom is -0.457 e. The Morgan fingerprint density at radius 1 is 1.09 bits per heavy atom. The number of hydrogen-bond donors (Lipinski definition) is 1. The minimum atomic E-state index is -4.89. The number of oxazole rings is 1. The zero-order valence-corrected chi connectivity index (χ0v) is 18.9. The first-order valence-electron chi connectivity index (χ1n) is 10.0. The first-order valence-corrected chi connectivity index (χ1v) is 11.7. The van der Waals surface area contributed by atoms with Crippen LogP contribution in [-0.4, -0.2) is 54.0 Å². The summed E-state index contributed by atoms with van der Waals surface area (Å²) in [6, 6.07) is 8.76. The maximum Gasteiger partial charge on any atom is 0.429 e. The molecular weight excluding hydrogens is 491 g/mol. The second kappa shape index (κ2) is 9.84. The maximum atomic E-state index is 14.0. The van der Waals surface area contributed by atoms with Crippen molar-refractivity contribution in [2.75, 3.05) is 24.2 Å². The molecule has 0 saturated carbocycles. The number of pyridine rings is 1. The van der Waals surface area contributed by atoms with Crippen LogP contribution in [0.25, 0.3) is 22.5 Å². The summed E-state index contributed by atoms with van der Waals surface area (Å²) in [5, 5.41) is 0. The van der Waals surface area contributed by atoms with Crippen LogP contribution in [0.1, 0.15) is 11.7 Å². The number of methoxy groups -OCH3 is 1. The highest BCUT2D eigenvalue weighted by Crippen LogP contribution is 2.38. The fraction of sp³-hybridized carbons (Fsp3) is 0.238. The zero-order valence-electron chi connectivity index (χ0n) is 18.1. The van der Waals surface area contributed by atoms with Crippen molar-refractivity contribution in [2.24, 2.45) is 0 Å². The van der Waals surface area contributed by atoms with Gasteiger partial charge in [0.25, 0.3) is 5.88 Å². The highest BCUT2D eigenvalue weighted by atomic mass is 32.2. The fourth-order valence-electron chi connectivity index (χ4n) is 3.01. The molecule has 0 saturated heterocycles. The van der Waals surface area contributed by atoms with Crippen LogP contribution < -0.4 is 9.46 Å². The normalized spacial score (nSPS) is 13.0. The SMILES string of the molecule is COCCS(=O)(=O)Nc1nc2ccccc2nc1O[C@@H](c1ccc(-c2cnco2)nc1)C(F)(F)F. The quantitative estimate of drug-likeness (QED) is 0.359. The van der Waals surface area contributed by atoms with Gasteiger partial charge in [-0.2, -0.15) is 13.2 Å². The van der Waals surface area contributed by atoms with E-state index in [1.807, 2.05) is 0 Å². The third kappa shape index (κ3) is 5.84. The average Bonchev–Trinajstić information content (AvgIpc) is 3.35. The number of aromatic nitrogens is 4. The maximum absolute atomic E-state index is 14.0. The summed E-state index contributed by atoms with van der Waals surface area (Å²) in [4.78, 5) is 15.9. The second-order valence-corrected chi connectivity index (χ2v) is 9.00. The standard InChI is InChI=1S/C21H18F3N5O5S/c1-32-8-9-35(30,31)29-19-20(28-15-5-3-2-4-14(15)27-19)34-18(21(22,23)24)13-6-7-16(26-10-13)17-11-25-12-33-17/h2-7,10-12,18H,8-9H2,1H3,(H,27,29)/t18-/m0/s1. The van der Waals surface area contributed by atoms with Crippen LogP contribution in [-0.2, 0) is 14.8 Å². The van der Waals surface area contributed by atoms with Crippen LogP contribution in [0.2, 0.25) is 0 Å². The van der Waals surface area contributed by atoms with Gasteiger partial charge >= 0.3 is 6.18 Å². The summed E-state index contributed by atoms with van der Waals surface area (Å²) in [5.74, 6) is -1.31. The van der Waals surface area contributed by atoms with E-state index in [9.17, 15) is 21.6 Å². The summed E-state index contributed by atoms with van der Waals surface area (Å²) in [6.07, 6.45) is -3.90. The molecule has 0 spiro atoms. The van der Waals surface area contributed by atoms with E-state index >= 15 is 0 Å². The third-order valence-electron chi connectivity index (χ3n) is 4.65. The van der Waals surface area contributed by atoms with Crippen LogP contribution in [0.4, 0.5) is 19.0 Å². The van der Waals surface area contributed by atoms with Gasteiger partial charge < -0.3 is 13.9 Å². The number of sulfonamides is 1. The monoisotopic (exact) mass is 509 g/mol.